The molecule has 2 fully saturated rings. The lowest BCUT2D eigenvalue weighted by Gasteiger charge is -2.25. The predicted molar refractivity (Wildman–Crippen MR) is 62.8 cm³/mol. The predicted octanol–water partition coefficient (Wildman–Crippen LogP) is 0.659. The second-order valence-electron chi connectivity index (χ2n) is 4.96. The molecule has 0 aromatic heterocycles. The maximum absolute atomic E-state index is 11.8. The van der Waals surface area contributed by atoms with Gasteiger partial charge in [-0.2, -0.15) is 0 Å². The molecule has 1 amide bonds. The van der Waals surface area contributed by atoms with Crippen molar-refractivity contribution in [3.63, 3.8) is 0 Å². The standard InChI is InChI=1S/C11H19NO4S/c13-11(10-4-1-5-10)12-17(14,15)8-9-3-2-6-16-7-9/h9-10H,1-8H2,(H,12,13). The van der Waals surface area contributed by atoms with Crippen LogP contribution in [0.4, 0.5) is 0 Å². The molecule has 0 spiro atoms. The summed E-state index contributed by atoms with van der Waals surface area (Å²) in [6.07, 6.45) is 4.41. The van der Waals surface area contributed by atoms with E-state index in [0.29, 0.717) is 13.2 Å². The van der Waals surface area contributed by atoms with Crippen molar-refractivity contribution in [3.05, 3.63) is 0 Å². The van der Waals surface area contributed by atoms with E-state index in [1.54, 1.807) is 0 Å². The summed E-state index contributed by atoms with van der Waals surface area (Å²) in [5.41, 5.74) is 0. The van der Waals surface area contributed by atoms with Gasteiger partial charge in [-0.3, -0.25) is 9.52 Å². The molecule has 1 aliphatic heterocycles. The Morgan fingerprint density at radius 2 is 2.00 bits per heavy atom. The molecule has 1 saturated heterocycles. The van der Waals surface area contributed by atoms with Gasteiger partial charge in [-0.25, -0.2) is 8.42 Å². The van der Waals surface area contributed by atoms with E-state index in [2.05, 4.69) is 4.72 Å². The average molecular weight is 261 g/mol. The van der Waals surface area contributed by atoms with Gasteiger partial charge in [-0.15, -0.1) is 0 Å². The van der Waals surface area contributed by atoms with Gasteiger partial charge < -0.3 is 4.74 Å². The number of rotatable bonds is 4. The summed E-state index contributed by atoms with van der Waals surface area (Å²) >= 11 is 0. The smallest absolute Gasteiger partial charge is 0.236 e. The van der Waals surface area contributed by atoms with Gasteiger partial charge in [-0.1, -0.05) is 6.42 Å². The number of hydrogen-bond acceptors (Lipinski definition) is 4. The fourth-order valence-corrected chi connectivity index (χ4v) is 3.64. The molecule has 17 heavy (non-hydrogen) atoms. The van der Waals surface area contributed by atoms with Crippen LogP contribution in [0.2, 0.25) is 0 Å². The van der Waals surface area contributed by atoms with Crippen LogP contribution in [0, 0.1) is 11.8 Å². The average Bonchev–Trinajstić information content (AvgIpc) is 2.13. The summed E-state index contributed by atoms with van der Waals surface area (Å²) in [4.78, 5) is 11.6. The van der Waals surface area contributed by atoms with Gasteiger partial charge in [0.05, 0.1) is 12.4 Å². The minimum Gasteiger partial charge on any atom is -0.381 e. The highest BCUT2D eigenvalue weighted by Gasteiger charge is 2.29. The van der Waals surface area contributed by atoms with Gasteiger partial charge >= 0.3 is 0 Å². The highest BCUT2D eigenvalue weighted by molar-refractivity contribution is 7.90. The third-order valence-electron chi connectivity index (χ3n) is 3.44. The SMILES string of the molecule is O=C(NS(=O)(=O)CC1CCCOC1)C1CCC1. The van der Waals surface area contributed by atoms with Crippen molar-refractivity contribution >= 4 is 15.9 Å². The number of nitrogens with one attached hydrogen (secondary N) is 1. The Hall–Kier alpha value is -0.620. The molecule has 1 atom stereocenters. The van der Waals surface area contributed by atoms with E-state index in [1.807, 2.05) is 0 Å². The first kappa shape index (κ1) is 12.8. The molecule has 1 saturated carbocycles. The van der Waals surface area contributed by atoms with Crippen LogP contribution in [-0.4, -0.2) is 33.3 Å². The fourth-order valence-electron chi connectivity index (χ4n) is 2.20. The summed E-state index contributed by atoms with van der Waals surface area (Å²) in [5, 5.41) is 0. The summed E-state index contributed by atoms with van der Waals surface area (Å²) in [6, 6.07) is 0. The highest BCUT2D eigenvalue weighted by Crippen LogP contribution is 2.26. The Balaban J connectivity index is 1.82. The number of amides is 1. The first-order chi connectivity index (χ1) is 8.07. The molecule has 2 rings (SSSR count). The molecule has 1 aliphatic carbocycles. The number of sulfonamides is 1. The first-order valence-electron chi connectivity index (χ1n) is 6.19. The number of hydrogen-bond donors (Lipinski definition) is 1. The van der Waals surface area contributed by atoms with Crippen LogP contribution in [0.3, 0.4) is 0 Å². The summed E-state index contributed by atoms with van der Waals surface area (Å²) < 4.78 is 31.0. The molecular weight excluding hydrogens is 242 g/mol. The Labute approximate surface area is 102 Å². The zero-order valence-corrected chi connectivity index (χ0v) is 10.7. The normalized spacial score (nSPS) is 26.2. The quantitative estimate of drug-likeness (QED) is 0.807. The van der Waals surface area contributed by atoms with E-state index in [0.717, 1.165) is 32.1 Å². The van der Waals surface area contributed by atoms with Crippen molar-refractivity contribution < 1.29 is 17.9 Å². The van der Waals surface area contributed by atoms with Gasteiger partial charge in [-0.05, 0) is 31.6 Å². The van der Waals surface area contributed by atoms with Crippen molar-refractivity contribution in [2.75, 3.05) is 19.0 Å². The lowest BCUT2D eigenvalue weighted by Crippen LogP contribution is -2.41. The van der Waals surface area contributed by atoms with Crippen LogP contribution in [0.25, 0.3) is 0 Å². The molecule has 98 valence electrons. The van der Waals surface area contributed by atoms with Crippen molar-refractivity contribution in [1.29, 1.82) is 0 Å². The summed E-state index contributed by atoms with van der Waals surface area (Å²) in [7, 11) is -3.48. The van der Waals surface area contributed by atoms with E-state index in [1.165, 1.54) is 0 Å². The van der Waals surface area contributed by atoms with Gasteiger partial charge in [0, 0.05) is 12.5 Å². The van der Waals surface area contributed by atoms with E-state index in [-0.39, 0.29) is 23.5 Å². The van der Waals surface area contributed by atoms with Crippen LogP contribution >= 0.6 is 0 Å². The molecule has 5 nitrogen and oxygen atoms in total. The highest BCUT2D eigenvalue weighted by atomic mass is 32.2. The summed E-state index contributed by atoms with van der Waals surface area (Å²) in [6.45, 7) is 1.20. The van der Waals surface area contributed by atoms with Crippen molar-refractivity contribution in [1.82, 2.24) is 4.72 Å². The van der Waals surface area contributed by atoms with Gasteiger partial charge in [0.2, 0.25) is 15.9 Å². The molecule has 2 aliphatic rings. The lowest BCUT2D eigenvalue weighted by atomic mass is 9.85. The first-order valence-corrected chi connectivity index (χ1v) is 7.84. The third kappa shape index (κ3) is 3.67. The largest absolute Gasteiger partial charge is 0.381 e. The van der Waals surface area contributed by atoms with Crippen molar-refractivity contribution in [2.45, 2.75) is 32.1 Å². The minimum atomic E-state index is -3.48. The Kier molecular flexibility index (Phi) is 4.04. The monoisotopic (exact) mass is 261 g/mol. The van der Waals surface area contributed by atoms with Crippen molar-refractivity contribution in [3.8, 4) is 0 Å². The van der Waals surface area contributed by atoms with E-state index in [4.69, 9.17) is 4.74 Å². The number of carbonyl (C=O) groups is 1. The van der Waals surface area contributed by atoms with Crippen molar-refractivity contribution in [2.24, 2.45) is 11.8 Å². The molecule has 1 heterocycles. The molecule has 1 unspecified atom stereocenters. The van der Waals surface area contributed by atoms with Crippen LogP contribution in [-0.2, 0) is 19.6 Å². The number of ether oxygens (including phenoxy) is 1. The number of carbonyl (C=O) groups excluding carboxylic acids is 1. The Bertz CT molecular complexity index is 369. The van der Waals surface area contributed by atoms with Crippen LogP contribution in [0.1, 0.15) is 32.1 Å². The fraction of sp³-hybridized carbons (Fsp3) is 0.909. The van der Waals surface area contributed by atoms with Crippen LogP contribution in [0.5, 0.6) is 0 Å². The van der Waals surface area contributed by atoms with E-state index in [9.17, 15) is 13.2 Å². The second-order valence-corrected chi connectivity index (χ2v) is 6.73. The van der Waals surface area contributed by atoms with Gasteiger partial charge in [0.1, 0.15) is 0 Å². The van der Waals surface area contributed by atoms with Gasteiger partial charge in [0.25, 0.3) is 0 Å². The summed E-state index contributed by atoms with van der Waals surface area (Å²) in [5.74, 6) is -0.387. The molecule has 6 heteroatoms. The van der Waals surface area contributed by atoms with E-state index >= 15 is 0 Å². The molecule has 1 N–H and O–H groups in total. The molecule has 0 radical (unpaired) electrons. The molecule has 0 aromatic rings. The van der Waals surface area contributed by atoms with Crippen LogP contribution in [0.15, 0.2) is 0 Å². The Morgan fingerprint density at radius 1 is 1.24 bits per heavy atom. The van der Waals surface area contributed by atoms with Gasteiger partial charge in [0.15, 0.2) is 0 Å². The zero-order chi connectivity index (χ0) is 12.3. The van der Waals surface area contributed by atoms with Crippen LogP contribution < -0.4 is 4.72 Å². The maximum Gasteiger partial charge on any atom is 0.236 e. The molecule has 0 aromatic carbocycles. The maximum atomic E-state index is 11.8. The third-order valence-corrected chi connectivity index (χ3v) is 4.86. The van der Waals surface area contributed by atoms with E-state index < -0.39 is 10.0 Å². The molecular formula is C11H19NO4S. The Morgan fingerprint density at radius 3 is 2.53 bits per heavy atom. The topological polar surface area (TPSA) is 72.5 Å². The second kappa shape index (κ2) is 5.35. The molecule has 0 bridgehead atoms. The minimum absolute atomic E-state index is 0.00542. The lowest BCUT2D eigenvalue weighted by molar-refractivity contribution is -0.125. The zero-order valence-electron chi connectivity index (χ0n) is 9.85.